The van der Waals surface area contributed by atoms with Crippen molar-refractivity contribution in [1.82, 2.24) is 4.90 Å². The highest BCUT2D eigenvalue weighted by Gasteiger charge is 2.16. The van der Waals surface area contributed by atoms with E-state index in [1.165, 1.54) is 16.3 Å². The SMILES string of the molecule is N#Cc1ccc(COc2ccc3ccccc3c2CN2CCOCC2)cc1. The van der Waals surface area contributed by atoms with Crippen LogP contribution in [0.1, 0.15) is 16.7 Å². The van der Waals surface area contributed by atoms with Crippen LogP contribution in [0.2, 0.25) is 0 Å². The fourth-order valence-corrected chi connectivity index (χ4v) is 3.43. The Kier molecular flexibility index (Phi) is 5.34. The van der Waals surface area contributed by atoms with E-state index in [1.807, 2.05) is 24.3 Å². The lowest BCUT2D eigenvalue weighted by Crippen LogP contribution is -2.35. The summed E-state index contributed by atoms with van der Waals surface area (Å²) in [6.45, 7) is 4.79. The second-order valence-corrected chi connectivity index (χ2v) is 6.75. The number of hydrogen-bond acceptors (Lipinski definition) is 4. The molecule has 136 valence electrons. The molecule has 0 N–H and O–H groups in total. The first-order chi connectivity index (χ1) is 13.3. The molecule has 4 rings (SSSR count). The summed E-state index contributed by atoms with van der Waals surface area (Å²) in [6, 6.07) is 22.3. The van der Waals surface area contributed by atoms with Crippen LogP contribution in [0, 0.1) is 11.3 Å². The second-order valence-electron chi connectivity index (χ2n) is 6.75. The highest BCUT2D eigenvalue weighted by Crippen LogP contribution is 2.30. The molecule has 3 aromatic carbocycles. The summed E-state index contributed by atoms with van der Waals surface area (Å²) in [7, 11) is 0. The zero-order valence-electron chi connectivity index (χ0n) is 15.2. The van der Waals surface area contributed by atoms with E-state index in [0.717, 1.165) is 44.2 Å². The molecule has 4 heteroatoms. The van der Waals surface area contributed by atoms with Crippen molar-refractivity contribution in [2.24, 2.45) is 0 Å². The minimum atomic E-state index is 0.486. The number of benzene rings is 3. The molecule has 0 unspecified atom stereocenters. The number of morpholine rings is 1. The monoisotopic (exact) mass is 358 g/mol. The highest BCUT2D eigenvalue weighted by molar-refractivity contribution is 5.87. The lowest BCUT2D eigenvalue weighted by Gasteiger charge is -2.28. The van der Waals surface area contributed by atoms with Gasteiger partial charge in [0.2, 0.25) is 0 Å². The van der Waals surface area contributed by atoms with Crippen LogP contribution in [-0.4, -0.2) is 31.2 Å². The Hall–Kier alpha value is -2.87. The largest absolute Gasteiger partial charge is 0.489 e. The van der Waals surface area contributed by atoms with Gasteiger partial charge in [0.1, 0.15) is 12.4 Å². The van der Waals surface area contributed by atoms with Crippen molar-refractivity contribution in [2.45, 2.75) is 13.2 Å². The van der Waals surface area contributed by atoms with Crippen LogP contribution in [-0.2, 0) is 17.9 Å². The van der Waals surface area contributed by atoms with Gasteiger partial charge in [0, 0.05) is 25.2 Å². The second kappa shape index (κ2) is 8.22. The zero-order chi connectivity index (χ0) is 18.5. The zero-order valence-corrected chi connectivity index (χ0v) is 15.2. The summed E-state index contributed by atoms with van der Waals surface area (Å²) in [4.78, 5) is 2.42. The lowest BCUT2D eigenvalue weighted by atomic mass is 10.0. The topological polar surface area (TPSA) is 45.5 Å². The quantitative estimate of drug-likeness (QED) is 0.688. The van der Waals surface area contributed by atoms with E-state index >= 15 is 0 Å². The first-order valence-corrected chi connectivity index (χ1v) is 9.26. The number of rotatable bonds is 5. The van der Waals surface area contributed by atoms with Gasteiger partial charge in [-0.1, -0.05) is 42.5 Å². The molecule has 1 heterocycles. The fourth-order valence-electron chi connectivity index (χ4n) is 3.43. The third-order valence-corrected chi connectivity index (χ3v) is 4.96. The molecule has 0 spiro atoms. The van der Waals surface area contributed by atoms with Crippen LogP contribution < -0.4 is 4.74 Å². The van der Waals surface area contributed by atoms with Gasteiger partial charge in [-0.25, -0.2) is 0 Å². The Bertz CT molecular complexity index is 954. The van der Waals surface area contributed by atoms with Crippen LogP contribution in [0.5, 0.6) is 5.75 Å². The number of nitrogens with zero attached hydrogens (tertiary/aromatic N) is 2. The van der Waals surface area contributed by atoms with Gasteiger partial charge < -0.3 is 9.47 Å². The average molecular weight is 358 g/mol. The third kappa shape index (κ3) is 4.11. The van der Waals surface area contributed by atoms with Gasteiger partial charge in [0.25, 0.3) is 0 Å². The molecule has 0 saturated carbocycles. The maximum Gasteiger partial charge on any atom is 0.124 e. The summed E-state index contributed by atoms with van der Waals surface area (Å²) in [5.41, 5.74) is 2.94. The summed E-state index contributed by atoms with van der Waals surface area (Å²) in [5, 5.41) is 11.4. The van der Waals surface area contributed by atoms with E-state index < -0.39 is 0 Å². The number of hydrogen-bond donors (Lipinski definition) is 0. The van der Waals surface area contributed by atoms with Crippen LogP contribution in [0.15, 0.2) is 60.7 Å². The summed E-state index contributed by atoms with van der Waals surface area (Å²) in [6.07, 6.45) is 0. The predicted molar refractivity (Wildman–Crippen MR) is 106 cm³/mol. The smallest absolute Gasteiger partial charge is 0.124 e. The molecule has 0 amide bonds. The molecule has 0 bridgehead atoms. The molecule has 0 radical (unpaired) electrons. The molecule has 1 saturated heterocycles. The molecule has 1 aliphatic heterocycles. The first kappa shape index (κ1) is 17.5. The van der Waals surface area contributed by atoms with Gasteiger partial charge in [0.05, 0.1) is 24.8 Å². The molecular formula is C23H22N2O2. The molecular weight excluding hydrogens is 336 g/mol. The van der Waals surface area contributed by atoms with Gasteiger partial charge in [-0.2, -0.15) is 5.26 Å². The van der Waals surface area contributed by atoms with Crippen molar-refractivity contribution < 1.29 is 9.47 Å². The number of ether oxygens (including phenoxy) is 2. The molecule has 3 aromatic rings. The third-order valence-electron chi connectivity index (χ3n) is 4.96. The fraction of sp³-hybridized carbons (Fsp3) is 0.261. The molecule has 4 nitrogen and oxygen atoms in total. The minimum Gasteiger partial charge on any atom is -0.489 e. The summed E-state index contributed by atoms with van der Waals surface area (Å²) >= 11 is 0. The maximum absolute atomic E-state index is 8.93. The van der Waals surface area contributed by atoms with Crippen LogP contribution in [0.25, 0.3) is 10.8 Å². The summed E-state index contributed by atoms with van der Waals surface area (Å²) < 4.78 is 11.7. The van der Waals surface area contributed by atoms with E-state index in [0.29, 0.717) is 12.2 Å². The molecule has 0 aromatic heterocycles. The molecule has 0 aliphatic carbocycles. The highest BCUT2D eigenvalue weighted by atomic mass is 16.5. The Labute approximate surface area is 159 Å². The normalized spacial score (nSPS) is 14.8. The van der Waals surface area contributed by atoms with E-state index in [1.54, 1.807) is 0 Å². The number of nitriles is 1. The Morgan fingerprint density at radius 3 is 2.52 bits per heavy atom. The molecule has 0 atom stereocenters. The molecule has 27 heavy (non-hydrogen) atoms. The van der Waals surface area contributed by atoms with Gasteiger partial charge >= 0.3 is 0 Å². The Morgan fingerprint density at radius 2 is 1.74 bits per heavy atom. The maximum atomic E-state index is 8.93. The lowest BCUT2D eigenvalue weighted by molar-refractivity contribution is 0.0339. The minimum absolute atomic E-state index is 0.486. The average Bonchev–Trinajstić information content (AvgIpc) is 2.74. The Balaban J connectivity index is 1.60. The number of fused-ring (bicyclic) bond motifs is 1. The standard InChI is InChI=1S/C23H22N2O2/c24-15-18-5-7-19(8-6-18)17-27-23-10-9-20-3-1-2-4-21(20)22(23)16-25-11-13-26-14-12-25/h1-10H,11-14,16-17H2. The van der Waals surface area contributed by atoms with Crippen molar-refractivity contribution in [2.75, 3.05) is 26.3 Å². The van der Waals surface area contributed by atoms with E-state index in [-0.39, 0.29) is 0 Å². The van der Waals surface area contributed by atoms with Gasteiger partial charge in [-0.3, -0.25) is 4.90 Å². The van der Waals surface area contributed by atoms with Crippen LogP contribution in [0.4, 0.5) is 0 Å². The van der Waals surface area contributed by atoms with E-state index in [2.05, 4.69) is 47.4 Å². The van der Waals surface area contributed by atoms with Crippen molar-refractivity contribution in [3.8, 4) is 11.8 Å². The van der Waals surface area contributed by atoms with Crippen molar-refractivity contribution in [1.29, 1.82) is 5.26 Å². The van der Waals surface area contributed by atoms with Gasteiger partial charge in [0.15, 0.2) is 0 Å². The van der Waals surface area contributed by atoms with E-state index in [4.69, 9.17) is 14.7 Å². The predicted octanol–water partition coefficient (Wildman–Crippen LogP) is 4.12. The molecule has 1 fully saturated rings. The van der Waals surface area contributed by atoms with Crippen LogP contribution in [0.3, 0.4) is 0 Å². The van der Waals surface area contributed by atoms with Crippen molar-refractivity contribution >= 4 is 10.8 Å². The van der Waals surface area contributed by atoms with Gasteiger partial charge in [-0.05, 0) is 34.5 Å². The van der Waals surface area contributed by atoms with E-state index in [9.17, 15) is 0 Å². The van der Waals surface area contributed by atoms with Crippen molar-refractivity contribution in [3.05, 3.63) is 77.4 Å². The van der Waals surface area contributed by atoms with Crippen LogP contribution >= 0.6 is 0 Å². The van der Waals surface area contributed by atoms with Gasteiger partial charge in [-0.15, -0.1) is 0 Å². The Morgan fingerprint density at radius 1 is 0.963 bits per heavy atom. The molecule has 1 aliphatic rings. The van der Waals surface area contributed by atoms with Crippen molar-refractivity contribution in [3.63, 3.8) is 0 Å². The first-order valence-electron chi connectivity index (χ1n) is 9.26. The summed E-state index contributed by atoms with van der Waals surface area (Å²) in [5.74, 6) is 0.921.